The van der Waals surface area contributed by atoms with E-state index in [9.17, 15) is 45.6 Å². The molecular formula is C68H121NO13. The highest BCUT2D eigenvalue weighted by Gasteiger charge is 2.51. The molecule has 9 N–H and O–H groups in total. The normalized spacial score (nSPS) is 24.4. The molecule has 14 nitrogen and oxygen atoms in total. The fourth-order valence-corrected chi connectivity index (χ4v) is 10.6. The Morgan fingerprint density at radius 2 is 0.841 bits per heavy atom. The summed E-state index contributed by atoms with van der Waals surface area (Å²) >= 11 is 0. The lowest BCUT2D eigenvalue weighted by molar-refractivity contribution is -0.359. The van der Waals surface area contributed by atoms with Crippen molar-refractivity contribution in [1.29, 1.82) is 0 Å². The molecule has 0 aromatic carbocycles. The Balaban J connectivity index is 1.48. The number of aliphatic hydroxyl groups is 8. The Hall–Kier alpha value is -2.57. The van der Waals surface area contributed by atoms with Crippen LogP contribution in [0.1, 0.15) is 258 Å². The summed E-state index contributed by atoms with van der Waals surface area (Å²) in [6, 6.07) is -0.911. The Bertz CT molecular complexity index is 1650. The quantitative estimate of drug-likeness (QED) is 0.0204. The number of hydrogen-bond donors (Lipinski definition) is 9. The number of nitrogens with one attached hydrogen (secondary N) is 1. The number of ether oxygens (including phenoxy) is 4. The van der Waals surface area contributed by atoms with Crippen LogP contribution in [-0.4, -0.2) is 140 Å². The first-order valence-electron chi connectivity index (χ1n) is 33.2. The van der Waals surface area contributed by atoms with Gasteiger partial charge in [0.1, 0.15) is 48.8 Å². The van der Waals surface area contributed by atoms with Crippen molar-refractivity contribution in [2.75, 3.05) is 19.8 Å². The number of carbonyl (C=O) groups excluding carboxylic acids is 1. The fraction of sp³-hybridized carbons (Fsp3) is 0.809. The average molecular weight is 1160 g/mol. The lowest BCUT2D eigenvalue weighted by atomic mass is 9.97. The molecule has 14 heteroatoms. The minimum atomic E-state index is -1.79. The summed E-state index contributed by atoms with van der Waals surface area (Å²) in [6.45, 7) is 2.62. The topological polar surface area (TPSA) is 228 Å². The van der Waals surface area contributed by atoms with Crippen LogP contribution >= 0.6 is 0 Å². The van der Waals surface area contributed by atoms with Crippen LogP contribution in [0.2, 0.25) is 0 Å². The van der Waals surface area contributed by atoms with E-state index in [1.165, 1.54) is 148 Å². The van der Waals surface area contributed by atoms with Gasteiger partial charge in [-0.15, -0.1) is 0 Å². The predicted molar refractivity (Wildman–Crippen MR) is 332 cm³/mol. The Morgan fingerprint density at radius 1 is 0.451 bits per heavy atom. The Labute approximate surface area is 498 Å². The van der Waals surface area contributed by atoms with E-state index in [4.69, 9.17) is 18.9 Å². The van der Waals surface area contributed by atoms with Crippen molar-refractivity contribution < 1.29 is 64.6 Å². The molecule has 2 heterocycles. The first-order valence-corrected chi connectivity index (χ1v) is 33.2. The second-order valence-electron chi connectivity index (χ2n) is 23.2. The number of unbranched alkanes of at least 4 members (excludes halogenated alkanes) is 30. The highest BCUT2D eigenvalue weighted by atomic mass is 16.7. The van der Waals surface area contributed by atoms with Crippen LogP contribution in [-0.2, 0) is 23.7 Å². The van der Waals surface area contributed by atoms with E-state index < -0.39 is 86.8 Å². The molecule has 0 spiro atoms. The maximum Gasteiger partial charge on any atom is 0.220 e. The summed E-state index contributed by atoms with van der Waals surface area (Å²) in [5, 5.41) is 86.7. The number of rotatable bonds is 53. The molecule has 2 saturated heterocycles. The smallest absolute Gasteiger partial charge is 0.220 e. The summed E-state index contributed by atoms with van der Waals surface area (Å²) in [5.74, 6) is -0.241. The van der Waals surface area contributed by atoms with Crippen LogP contribution in [0.4, 0.5) is 0 Å². The Kier molecular flexibility index (Phi) is 48.6. The highest BCUT2D eigenvalue weighted by molar-refractivity contribution is 5.76. The SMILES string of the molecule is CC/C=C\C/C=C\C/C=C\C/C=C\C/C=C\CCCCCCCCCCCCCCCCCCCCCCCCCCCC(=O)NC(COC1OC(CO)C(OC2OC(CO)C(O)C(O)C2O)C(O)C1O)C(O)/C=C/CCCCCCC. The van der Waals surface area contributed by atoms with E-state index in [1.807, 2.05) is 6.08 Å². The standard InChI is InChI=1S/C68H121NO13/c1-3-5-7-9-11-12-13-14-15-16-17-18-19-20-21-22-23-24-25-26-27-28-29-30-31-32-33-34-35-36-37-38-39-40-41-42-43-44-46-48-50-52-60(73)69-56(57(72)51-49-47-45-10-8-6-4-2)55-79-67-65(78)63(76)66(59(54-71)81-67)82-68-64(77)62(75)61(74)58(53-70)80-68/h5,7,11-12,14-15,17-18,20-21,49,51,56-59,61-68,70-72,74-78H,3-4,6,8-10,13,16,19,22-48,50,52-55H2,1-2H3,(H,69,73)/b7-5-,12-11-,15-14-,18-17-,21-20-,51-49+. The van der Waals surface area contributed by atoms with Gasteiger partial charge in [-0.1, -0.05) is 260 Å². The largest absolute Gasteiger partial charge is 0.394 e. The molecule has 2 aliphatic heterocycles. The average Bonchev–Trinajstić information content (AvgIpc) is 3.65. The van der Waals surface area contributed by atoms with Gasteiger partial charge >= 0.3 is 0 Å². The van der Waals surface area contributed by atoms with Gasteiger partial charge in [0.15, 0.2) is 12.6 Å². The predicted octanol–water partition coefficient (Wildman–Crippen LogP) is 12.7. The molecule has 2 rings (SSSR count). The van der Waals surface area contributed by atoms with E-state index in [1.54, 1.807) is 6.08 Å². The first-order chi connectivity index (χ1) is 40.1. The van der Waals surface area contributed by atoms with Gasteiger partial charge in [0, 0.05) is 6.42 Å². The molecule has 0 aromatic heterocycles. The number of carbonyl (C=O) groups is 1. The van der Waals surface area contributed by atoms with Gasteiger partial charge in [0.25, 0.3) is 0 Å². The molecule has 2 aliphatic rings. The van der Waals surface area contributed by atoms with Crippen molar-refractivity contribution in [2.45, 2.75) is 331 Å². The third kappa shape index (κ3) is 37.1. The number of hydrogen-bond acceptors (Lipinski definition) is 13. The molecule has 0 aromatic rings. The molecule has 2 fully saturated rings. The molecular weight excluding hydrogens is 1040 g/mol. The van der Waals surface area contributed by atoms with Crippen molar-refractivity contribution in [3.05, 3.63) is 72.9 Å². The highest BCUT2D eigenvalue weighted by Crippen LogP contribution is 2.30. The maximum atomic E-state index is 13.2. The van der Waals surface area contributed by atoms with Crippen LogP contribution < -0.4 is 5.32 Å². The molecule has 0 radical (unpaired) electrons. The lowest BCUT2D eigenvalue weighted by Crippen LogP contribution is -2.65. The molecule has 82 heavy (non-hydrogen) atoms. The van der Waals surface area contributed by atoms with Gasteiger partial charge in [-0.2, -0.15) is 0 Å². The lowest BCUT2D eigenvalue weighted by Gasteiger charge is -2.46. The molecule has 0 saturated carbocycles. The third-order valence-corrected chi connectivity index (χ3v) is 15.9. The molecule has 476 valence electrons. The fourth-order valence-electron chi connectivity index (χ4n) is 10.6. The molecule has 0 aliphatic carbocycles. The third-order valence-electron chi connectivity index (χ3n) is 15.9. The van der Waals surface area contributed by atoms with E-state index in [0.717, 1.165) is 83.5 Å². The number of allylic oxidation sites excluding steroid dienone is 11. The van der Waals surface area contributed by atoms with E-state index in [-0.39, 0.29) is 18.9 Å². The zero-order valence-corrected chi connectivity index (χ0v) is 51.5. The summed E-state index contributed by atoms with van der Waals surface area (Å²) in [6.07, 6.45) is 54.6. The maximum absolute atomic E-state index is 13.2. The number of aliphatic hydroxyl groups excluding tert-OH is 8. The van der Waals surface area contributed by atoms with Gasteiger partial charge in [0.2, 0.25) is 5.91 Å². The Morgan fingerprint density at radius 3 is 1.29 bits per heavy atom. The van der Waals surface area contributed by atoms with Crippen molar-refractivity contribution in [2.24, 2.45) is 0 Å². The molecule has 1 amide bonds. The van der Waals surface area contributed by atoms with Crippen molar-refractivity contribution in [1.82, 2.24) is 5.32 Å². The second-order valence-corrected chi connectivity index (χ2v) is 23.2. The zero-order valence-electron chi connectivity index (χ0n) is 51.5. The molecule has 0 bridgehead atoms. The van der Waals surface area contributed by atoms with Crippen molar-refractivity contribution >= 4 is 5.91 Å². The van der Waals surface area contributed by atoms with E-state index in [0.29, 0.717) is 6.42 Å². The summed E-state index contributed by atoms with van der Waals surface area (Å²) in [7, 11) is 0. The van der Waals surface area contributed by atoms with Crippen LogP contribution in [0.3, 0.4) is 0 Å². The molecule has 12 unspecified atom stereocenters. The van der Waals surface area contributed by atoms with Crippen molar-refractivity contribution in [3.8, 4) is 0 Å². The zero-order chi connectivity index (χ0) is 59.5. The van der Waals surface area contributed by atoms with E-state index >= 15 is 0 Å². The van der Waals surface area contributed by atoms with E-state index in [2.05, 4.69) is 79.9 Å². The van der Waals surface area contributed by atoms with Gasteiger partial charge in [-0.05, 0) is 64.2 Å². The van der Waals surface area contributed by atoms with Gasteiger partial charge < -0.3 is 65.1 Å². The molecule has 12 atom stereocenters. The second kappa shape index (κ2) is 52.7. The summed E-state index contributed by atoms with van der Waals surface area (Å²) in [4.78, 5) is 13.2. The van der Waals surface area contributed by atoms with Crippen LogP contribution in [0.25, 0.3) is 0 Å². The van der Waals surface area contributed by atoms with Crippen LogP contribution in [0, 0.1) is 0 Å². The summed E-state index contributed by atoms with van der Waals surface area (Å²) < 4.78 is 22.7. The first kappa shape index (κ1) is 75.5. The minimum absolute atomic E-state index is 0.241. The van der Waals surface area contributed by atoms with Crippen molar-refractivity contribution in [3.63, 3.8) is 0 Å². The van der Waals surface area contributed by atoms with Crippen LogP contribution in [0.5, 0.6) is 0 Å². The van der Waals surface area contributed by atoms with Gasteiger partial charge in [-0.3, -0.25) is 4.79 Å². The summed E-state index contributed by atoms with van der Waals surface area (Å²) in [5.41, 5.74) is 0. The number of amides is 1. The van der Waals surface area contributed by atoms with Gasteiger partial charge in [0.05, 0.1) is 32.0 Å². The van der Waals surface area contributed by atoms with Crippen LogP contribution in [0.15, 0.2) is 72.9 Å². The van der Waals surface area contributed by atoms with Gasteiger partial charge in [-0.25, -0.2) is 0 Å². The monoisotopic (exact) mass is 1160 g/mol. The minimum Gasteiger partial charge on any atom is -0.394 e.